The fraction of sp³-hybridized carbons (Fsp3) is 0.125. The molecule has 2 rings (SSSR count). The first-order chi connectivity index (χ1) is 6.18. The van der Waals surface area contributed by atoms with E-state index in [9.17, 15) is 4.79 Å². The Bertz CT molecular complexity index is 477. The zero-order valence-corrected chi connectivity index (χ0v) is 7.62. The molecule has 66 valence electrons. The third-order valence-electron chi connectivity index (χ3n) is 1.69. The van der Waals surface area contributed by atoms with E-state index in [0.717, 1.165) is 0 Å². The predicted octanol–water partition coefficient (Wildman–Crippen LogP) is 1.59. The van der Waals surface area contributed by atoms with Gasteiger partial charge >= 0.3 is 0 Å². The standard InChI is InChI=1S/C8H6ClN3O/c1-5(13)6-4-12-3-2-10-7(9)8(12)11-6/h2-4H,1H3. The van der Waals surface area contributed by atoms with Gasteiger partial charge in [0.25, 0.3) is 0 Å². The zero-order valence-electron chi connectivity index (χ0n) is 6.86. The van der Waals surface area contributed by atoms with Crippen LogP contribution in [-0.2, 0) is 0 Å². The molecule has 0 N–H and O–H groups in total. The summed E-state index contributed by atoms with van der Waals surface area (Å²) in [5.41, 5.74) is 0.907. The lowest BCUT2D eigenvalue weighted by Crippen LogP contribution is -1.90. The third kappa shape index (κ3) is 1.29. The number of ketones is 1. The zero-order chi connectivity index (χ0) is 9.42. The van der Waals surface area contributed by atoms with E-state index in [2.05, 4.69) is 9.97 Å². The minimum Gasteiger partial charge on any atom is -0.302 e. The SMILES string of the molecule is CC(=O)c1cn2ccnc(Cl)c2n1. The molecule has 0 radical (unpaired) electrons. The Labute approximate surface area is 79.2 Å². The van der Waals surface area contributed by atoms with Crippen molar-refractivity contribution in [2.75, 3.05) is 0 Å². The molecule has 2 aromatic rings. The molecule has 2 heterocycles. The summed E-state index contributed by atoms with van der Waals surface area (Å²) in [6.45, 7) is 1.46. The molecule has 0 saturated heterocycles. The summed E-state index contributed by atoms with van der Waals surface area (Å²) < 4.78 is 1.67. The first-order valence-electron chi connectivity index (χ1n) is 3.68. The van der Waals surface area contributed by atoms with Gasteiger partial charge in [0.2, 0.25) is 0 Å². The van der Waals surface area contributed by atoms with Gasteiger partial charge < -0.3 is 4.40 Å². The van der Waals surface area contributed by atoms with Crippen molar-refractivity contribution in [2.45, 2.75) is 6.92 Å². The Morgan fingerprint density at radius 2 is 2.38 bits per heavy atom. The number of imidazole rings is 1. The Morgan fingerprint density at radius 3 is 3.00 bits per heavy atom. The van der Waals surface area contributed by atoms with E-state index in [1.807, 2.05) is 0 Å². The average molecular weight is 196 g/mol. The number of nitrogens with zero attached hydrogens (tertiary/aromatic N) is 3. The predicted molar refractivity (Wildman–Crippen MR) is 48.0 cm³/mol. The Balaban J connectivity index is 2.75. The second-order valence-corrected chi connectivity index (χ2v) is 2.99. The molecule has 0 atom stereocenters. The lowest BCUT2D eigenvalue weighted by molar-refractivity contribution is 0.101. The van der Waals surface area contributed by atoms with Crippen LogP contribution in [0.15, 0.2) is 18.6 Å². The first-order valence-corrected chi connectivity index (χ1v) is 4.06. The molecule has 4 nitrogen and oxygen atoms in total. The number of hydrogen-bond donors (Lipinski definition) is 0. The van der Waals surface area contributed by atoms with Crippen molar-refractivity contribution in [1.82, 2.24) is 14.4 Å². The molecular weight excluding hydrogens is 190 g/mol. The maximum Gasteiger partial charge on any atom is 0.179 e. The van der Waals surface area contributed by atoms with Crippen LogP contribution < -0.4 is 0 Å². The highest BCUT2D eigenvalue weighted by atomic mass is 35.5. The van der Waals surface area contributed by atoms with Gasteiger partial charge in [-0.3, -0.25) is 4.79 Å². The van der Waals surface area contributed by atoms with E-state index < -0.39 is 0 Å². The smallest absolute Gasteiger partial charge is 0.179 e. The molecule has 5 heteroatoms. The van der Waals surface area contributed by atoms with Crippen LogP contribution in [0.25, 0.3) is 5.65 Å². The average Bonchev–Trinajstić information content (AvgIpc) is 2.49. The van der Waals surface area contributed by atoms with Crippen molar-refractivity contribution in [3.8, 4) is 0 Å². The summed E-state index contributed by atoms with van der Waals surface area (Å²) in [7, 11) is 0. The van der Waals surface area contributed by atoms with Gasteiger partial charge in [0.05, 0.1) is 0 Å². The fourth-order valence-corrected chi connectivity index (χ4v) is 1.25. The minimum atomic E-state index is -0.0835. The van der Waals surface area contributed by atoms with Crippen molar-refractivity contribution in [2.24, 2.45) is 0 Å². The van der Waals surface area contributed by atoms with Gasteiger partial charge in [-0.25, -0.2) is 9.97 Å². The van der Waals surface area contributed by atoms with E-state index in [1.54, 1.807) is 23.0 Å². The highest BCUT2D eigenvalue weighted by Crippen LogP contribution is 2.13. The van der Waals surface area contributed by atoms with E-state index in [4.69, 9.17) is 11.6 Å². The number of Topliss-reactive ketones (excluding diaryl/α,β-unsaturated/α-hetero) is 1. The van der Waals surface area contributed by atoms with Gasteiger partial charge in [-0.15, -0.1) is 0 Å². The molecule has 0 amide bonds. The number of fused-ring (bicyclic) bond motifs is 1. The molecule has 0 aromatic carbocycles. The fourth-order valence-electron chi connectivity index (χ4n) is 1.06. The Hall–Kier alpha value is -1.42. The molecule has 2 aromatic heterocycles. The number of aromatic nitrogens is 3. The van der Waals surface area contributed by atoms with E-state index in [-0.39, 0.29) is 5.78 Å². The second-order valence-electron chi connectivity index (χ2n) is 2.63. The van der Waals surface area contributed by atoms with E-state index in [0.29, 0.717) is 16.5 Å². The molecular formula is C8H6ClN3O. The van der Waals surface area contributed by atoms with Gasteiger partial charge in [0.15, 0.2) is 16.6 Å². The molecule has 0 spiro atoms. The summed E-state index contributed by atoms with van der Waals surface area (Å²) in [5.74, 6) is -0.0835. The number of halogens is 1. The number of rotatable bonds is 1. The third-order valence-corrected chi connectivity index (χ3v) is 1.96. The van der Waals surface area contributed by atoms with Gasteiger partial charge in [0, 0.05) is 25.5 Å². The topological polar surface area (TPSA) is 47.3 Å². The first kappa shape index (κ1) is 8.19. The van der Waals surface area contributed by atoms with E-state index >= 15 is 0 Å². The highest BCUT2D eigenvalue weighted by molar-refractivity contribution is 6.32. The summed E-state index contributed by atoms with van der Waals surface area (Å²) in [5, 5.41) is 0.301. The second kappa shape index (κ2) is 2.81. The molecule has 0 aliphatic carbocycles. The van der Waals surface area contributed by atoms with Gasteiger partial charge in [0.1, 0.15) is 5.69 Å². The summed E-state index contributed by atoms with van der Waals surface area (Å²) >= 11 is 5.77. The lowest BCUT2D eigenvalue weighted by atomic mass is 10.3. The lowest BCUT2D eigenvalue weighted by Gasteiger charge is -1.91. The molecule has 0 saturated carbocycles. The number of carbonyl (C=O) groups is 1. The molecule has 0 aliphatic rings. The van der Waals surface area contributed by atoms with Crippen molar-refractivity contribution in [1.29, 1.82) is 0 Å². The van der Waals surface area contributed by atoms with E-state index in [1.165, 1.54) is 6.92 Å². The quantitative estimate of drug-likeness (QED) is 0.650. The van der Waals surface area contributed by atoms with Crippen LogP contribution >= 0.6 is 11.6 Å². The van der Waals surface area contributed by atoms with Crippen LogP contribution in [0.4, 0.5) is 0 Å². The van der Waals surface area contributed by atoms with Crippen molar-refractivity contribution in [3.63, 3.8) is 0 Å². The monoisotopic (exact) mass is 195 g/mol. The maximum absolute atomic E-state index is 11.0. The maximum atomic E-state index is 11.0. The molecule has 0 bridgehead atoms. The van der Waals surface area contributed by atoms with Gasteiger partial charge in [-0.2, -0.15) is 0 Å². The summed E-state index contributed by atoms with van der Waals surface area (Å²) in [4.78, 5) is 18.9. The van der Waals surface area contributed by atoms with Crippen LogP contribution in [-0.4, -0.2) is 20.2 Å². The molecule has 13 heavy (non-hydrogen) atoms. The van der Waals surface area contributed by atoms with Crippen LogP contribution in [0, 0.1) is 0 Å². The largest absolute Gasteiger partial charge is 0.302 e. The Morgan fingerprint density at radius 1 is 1.62 bits per heavy atom. The van der Waals surface area contributed by atoms with Crippen molar-refractivity contribution < 1.29 is 4.79 Å². The molecule has 0 aliphatic heterocycles. The normalized spacial score (nSPS) is 10.6. The number of carbonyl (C=O) groups excluding carboxylic acids is 1. The van der Waals surface area contributed by atoms with Crippen LogP contribution in [0.1, 0.15) is 17.4 Å². The van der Waals surface area contributed by atoms with Crippen LogP contribution in [0.3, 0.4) is 0 Å². The van der Waals surface area contributed by atoms with Crippen molar-refractivity contribution >= 4 is 23.0 Å². The van der Waals surface area contributed by atoms with Crippen molar-refractivity contribution in [3.05, 3.63) is 29.4 Å². The number of hydrogen-bond acceptors (Lipinski definition) is 3. The van der Waals surface area contributed by atoms with Crippen LogP contribution in [0.2, 0.25) is 5.15 Å². The minimum absolute atomic E-state index is 0.0835. The molecule has 0 unspecified atom stereocenters. The van der Waals surface area contributed by atoms with Gasteiger partial charge in [-0.1, -0.05) is 11.6 Å². The highest BCUT2D eigenvalue weighted by Gasteiger charge is 2.07. The Kier molecular flexibility index (Phi) is 1.77. The van der Waals surface area contributed by atoms with Crippen LogP contribution in [0.5, 0.6) is 0 Å². The summed E-state index contributed by atoms with van der Waals surface area (Å²) in [6.07, 6.45) is 4.88. The van der Waals surface area contributed by atoms with Gasteiger partial charge in [-0.05, 0) is 0 Å². The summed E-state index contributed by atoms with van der Waals surface area (Å²) in [6, 6.07) is 0. The molecule has 0 fully saturated rings.